The fourth-order valence-electron chi connectivity index (χ4n) is 3.02. The van der Waals surface area contributed by atoms with Crippen LogP contribution in [0.15, 0.2) is 28.8 Å². The van der Waals surface area contributed by atoms with Crippen molar-refractivity contribution in [2.24, 2.45) is 5.92 Å². The van der Waals surface area contributed by atoms with Crippen LogP contribution in [-0.2, 0) is 11.2 Å². The van der Waals surface area contributed by atoms with Gasteiger partial charge < -0.3 is 9.63 Å². The molecule has 2 unspecified atom stereocenters. The van der Waals surface area contributed by atoms with E-state index in [1.807, 2.05) is 31.2 Å². The van der Waals surface area contributed by atoms with Gasteiger partial charge >= 0.3 is 5.97 Å². The summed E-state index contributed by atoms with van der Waals surface area (Å²) in [4.78, 5) is 11.4. The predicted molar refractivity (Wildman–Crippen MR) is 79.4 cm³/mol. The Balaban J connectivity index is 2.03. The lowest BCUT2D eigenvalue weighted by molar-refractivity contribution is -0.142. The maximum absolute atomic E-state index is 11.4. The maximum atomic E-state index is 11.4. The summed E-state index contributed by atoms with van der Waals surface area (Å²) in [5.74, 6) is -0.615. The summed E-state index contributed by atoms with van der Waals surface area (Å²) in [6.45, 7) is 1.90. The number of nitrogens with zero attached hydrogens (tertiary/aromatic N) is 1. The van der Waals surface area contributed by atoms with Gasteiger partial charge in [-0.3, -0.25) is 4.79 Å². The smallest absolute Gasteiger partial charge is 0.307 e. The third kappa shape index (κ3) is 2.56. The van der Waals surface area contributed by atoms with Crippen molar-refractivity contribution in [3.63, 3.8) is 0 Å². The summed E-state index contributed by atoms with van der Waals surface area (Å²) >= 11 is 5.91. The van der Waals surface area contributed by atoms with Gasteiger partial charge in [-0.1, -0.05) is 35.8 Å². The molecule has 1 aromatic carbocycles. The minimum atomic E-state index is -0.764. The molecule has 0 saturated heterocycles. The number of carboxylic acids is 1. The second-order valence-corrected chi connectivity index (χ2v) is 5.94. The van der Waals surface area contributed by atoms with E-state index in [-0.39, 0.29) is 5.92 Å². The molecule has 5 heteroatoms. The van der Waals surface area contributed by atoms with Crippen molar-refractivity contribution in [2.75, 3.05) is 0 Å². The molecule has 0 amide bonds. The maximum Gasteiger partial charge on any atom is 0.307 e. The summed E-state index contributed by atoms with van der Waals surface area (Å²) in [6, 6.07) is 7.45. The fraction of sp³-hybridized carbons (Fsp3) is 0.375. The highest BCUT2D eigenvalue weighted by atomic mass is 35.5. The highest BCUT2D eigenvalue weighted by Gasteiger charge is 2.34. The number of hydrogen-bond acceptors (Lipinski definition) is 3. The van der Waals surface area contributed by atoms with E-state index < -0.39 is 11.9 Å². The van der Waals surface area contributed by atoms with Gasteiger partial charge in [-0.15, -0.1) is 0 Å². The molecule has 1 aliphatic rings. The number of rotatable bonds is 2. The average Bonchev–Trinajstić information content (AvgIpc) is 2.80. The van der Waals surface area contributed by atoms with Gasteiger partial charge in [-0.2, -0.15) is 0 Å². The van der Waals surface area contributed by atoms with Gasteiger partial charge in [0, 0.05) is 22.1 Å². The van der Waals surface area contributed by atoms with Crippen LogP contribution >= 0.6 is 11.6 Å². The fourth-order valence-corrected chi connectivity index (χ4v) is 3.15. The molecule has 3 rings (SSSR count). The molecule has 1 aromatic heterocycles. The Morgan fingerprint density at radius 1 is 1.38 bits per heavy atom. The van der Waals surface area contributed by atoms with Gasteiger partial charge in [-0.25, -0.2) is 0 Å². The highest BCUT2D eigenvalue weighted by Crippen LogP contribution is 2.39. The zero-order valence-electron chi connectivity index (χ0n) is 11.7. The van der Waals surface area contributed by atoms with E-state index in [9.17, 15) is 9.90 Å². The number of hydrogen-bond donors (Lipinski definition) is 1. The van der Waals surface area contributed by atoms with Crippen LogP contribution in [0.4, 0.5) is 0 Å². The third-order valence-corrected chi connectivity index (χ3v) is 4.46. The van der Waals surface area contributed by atoms with Gasteiger partial charge in [0.25, 0.3) is 0 Å². The van der Waals surface area contributed by atoms with Crippen LogP contribution in [0, 0.1) is 5.92 Å². The minimum Gasteiger partial charge on any atom is -0.481 e. The molecule has 0 spiro atoms. The van der Waals surface area contributed by atoms with Crippen molar-refractivity contribution < 1.29 is 14.4 Å². The molecule has 21 heavy (non-hydrogen) atoms. The van der Waals surface area contributed by atoms with Crippen molar-refractivity contribution in [3.05, 3.63) is 40.6 Å². The van der Waals surface area contributed by atoms with Crippen molar-refractivity contribution in [1.29, 1.82) is 0 Å². The van der Waals surface area contributed by atoms with Crippen LogP contribution in [0.1, 0.15) is 37.0 Å². The van der Waals surface area contributed by atoms with E-state index >= 15 is 0 Å². The molecule has 1 aliphatic carbocycles. The lowest BCUT2D eigenvalue weighted by Crippen LogP contribution is -2.19. The quantitative estimate of drug-likeness (QED) is 0.847. The largest absolute Gasteiger partial charge is 0.481 e. The van der Waals surface area contributed by atoms with Gasteiger partial charge in [-0.05, 0) is 31.4 Å². The molecule has 1 N–H and O–H groups in total. The van der Waals surface area contributed by atoms with Crippen LogP contribution < -0.4 is 0 Å². The van der Waals surface area contributed by atoms with Crippen LogP contribution in [0.2, 0.25) is 5.02 Å². The third-order valence-electron chi connectivity index (χ3n) is 4.21. The zero-order valence-corrected chi connectivity index (χ0v) is 12.4. The highest BCUT2D eigenvalue weighted by molar-refractivity contribution is 6.30. The first-order valence-electron chi connectivity index (χ1n) is 7.05. The molecule has 0 fully saturated rings. The molecule has 4 nitrogen and oxygen atoms in total. The Hall–Kier alpha value is -1.81. The molecule has 0 aliphatic heterocycles. The van der Waals surface area contributed by atoms with Crippen LogP contribution in [0.3, 0.4) is 0 Å². The second kappa shape index (κ2) is 5.53. The number of benzene rings is 1. The first kappa shape index (κ1) is 14.1. The minimum absolute atomic E-state index is 0.159. The van der Waals surface area contributed by atoms with Crippen molar-refractivity contribution in [3.8, 4) is 11.3 Å². The van der Waals surface area contributed by atoms with Gasteiger partial charge in [0.1, 0.15) is 11.5 Å². The zero-order chi connectivity index (χ0) is 15.0. The average molecular weight is 306 g/mol. The molecule has 0 bridgehead atoms. The summed E-state index contributed by atoms with van der Waals surface area (Å²) < 4.78 is 5.50. The lowest BCUT2D eigenvalue weighted by Gasteiger charge is -2.14. The molecule has 0 saturated carbocycles. The molecule has 1 heterocycles. The Bertz CT molecular complexity index is 663. The normalized spacial score (nSPS) is 21.6. The van der Waals surface area contributed by atoms with Gasteiger partial charge in [0.15, 0.2) is 0 Å². The standard InChI is InChI=1S/C16H16ClNO3/c1-9-12(16(19)20)3-2-4-13-14(18-21-15(9)13)10-5-7-11(17)8-6-10/h5-9,12H,2-4H2,1H3,(H,19,20). The van der Waals surface area contributed by atoms with E-state index in [1.165, 1.54) is 0 Å². The topological polar surface area (TPSA) is 63.3 Å². The number of carbonyl (C=O) groups is 1. The monoisotopic (exact) mass is 305 g/mol. The molecule has 110 valence electrons. The van der Waals surface area contributed by atoms with E-state index in [0.717, 1.165) is 29.7 Å². The lowest BCUT2D eigenvalue weighted by atomic mass is 9.89. The van der Waals surface area contributed by atoms with E-state index in [0.29, 0.717) is 17.2 Å². The number of fused-ring (bicyclic) bond motifs is 1. The van der Waals surface area contributed by atoms with Crippen molar-refractivity contribution in [1.82, 2.24) is 5.16 Å². The molecule has 2 aromatic rings. The summed E-state index contributed by atoms with van der Waals surface area (Å²) in [6.07, 6.45) is 2.29. The van der Waals surface area contributed by atoms with E-state index in [1.54, 1.807) is 0 Å². The Morgan fingerprint density at radius 3 is 2.76 bits per heavy atom. The van der Waals surface area contributed by atoms with Gasteiger partial charge in [0.2, 0.25) is 0 Å². The Labute approximate surface area is 127 Å². The van der Waals surface area contributed by atoms with E-state index in [4.69, 9.17) is 16.1 Å². The number of aromatic nitrogens is 1. The second-order valence-electron chi connectivity index (χ2n) is 5.51. The number of carboxylic acid groups (broad SMARTS) is 1. The Morgan fingerprint density at radius 2 is 2.10 bits per heavy atom. The van der Waals surface area contributed by atoms with Gasteiger partial charge in [0.05, 0.1) is 5.92 Å². The summed E-state index contributed by atoms with van der Waals surface area (Å²) in [5, 5.41) is 14.2. The van der Waals surface area contributed by atoms with E-state index in [2.05, 4.69) is 5.16 Å². The number of aliphatic carboxylic acids is 1. The summed E-state index contributed by atoms with van der Waals surface area (Å²) in [5.41, 5.74) is 2.79. The van der Waals surface area contributed by atoms with Crippen molar-refractivity contribution >= 4 is 17.6 Å². The van der Waals surface area contributed by atoms with Crippen LogP contribution in [0.5, 0.6) is 0 Å². The van der Waals surface area contributed by atoms with Crippen LogP contribution in [0.25, 0.3) is 11.3 Å². The van der Waals surface area contributed by atoms with Crippen LogP contribution in [-0.4, -0.2) is 16.2 Å². The number of halogens is 1. The molecule has 0 radical (unpaired) electrons. The first-order valence-corrected chi connectivity index (χ1v) is 7.43. The Kier molecular flexibility index (Phi) is 3.72. The first-order chi connectivity index (χ1) is 10.1. The molecule has 2 atom stereocenters. The van der Waals surface area contributed by atoms with Crippen molar-refractivity contribution in [2.45, 2.75) is 32.1 Å². The SMILES string of the molecule is CC1c2onc(-c3ccc(Cl)cc3)c2CCCC1C(=O)O. The summed E-state index contributed by atoms with van der Waals surface area (Å²) in [7, 11) is 0. The molecular weight excluding hydrogens is 290 g/mol. The predicted octanol–water partition coefficient (Wildman–Crippen LogP) is 4.14. The molecular formula is C16H16ClNO3.